The van der Waals surface area contributed by atoms with Gasteiger partial charge in [0.25, 0.3) is 5.91 Å². The van der Waals surface area contributed by atoms with Crippen LogP contribution in [-0.2, 0) is 14.8 Å². The van der Waals surface area contributed by atoms with Gasteiger partial charge in [-0.25, -0.2) is 17.7 Å². The highest BCUT2D eigenvalue weighted by Crippen LogP contribution is 2.19. The number of carbonyl (C=O) groups excluding carboxylic acids is 2. The summed E-state index contributed by atoms with van der Waals surface area (Å²) >= 11 is 0. The largest absolute Gasteiger partial charge is 0.343 e. The molecule has 9 heteroatoms. The first-order valence-corrected chi connectivity index (χ1v) is 10.8. The second kappa shape index (κ2) is 9.50. The van der Waals surface area contributed by atoms with E-state index in [0.717, 1.165) is 15.4 Å². The molecule has 1 heterocycles. The van der Waals surface area contributed by atoms with Crippen molar-refractivity contribution in [2.75, 3.05) is 26.0 Å². The first-order valence-electron chi connectivity index (χ1n) is 9.39. The van der Waals surface area contributed by atoms with E-state index >= 15 is 0 Å². The quantitative estimate of drug-likeness (QED) is 0.589. The first-order chi connectivity index (χ1) is 14.8. The third-order valence-electron chi connectivity index (χ3n) is 4.42. The van der Waals surface area contributed by atoms with Crippen molar-refractivity contribution in [2.45, 2.75) is 4.90 Å². The standard InChI is InChI=1S/C22H22N4O4S/c1-26(2)31(29,30)19-10-6-9-17(13-19)22(28)24-15-21(27)25-20-12-11-18(14-23-20)16-7-4-3-5-8-16/h3-14H,15H2,1-2H3,(H,24,28)(H,23,25,27). The van der Waals surface area contributed by atoms with Gasteiger partial charge in [0.1, 0.15) is 5.82 Å². The lowest BCUT2D eigenvalue weighted by atomic mass is 10.1. The monoisotopic (exact) mass is 438 g/mol. The highest BCUT2D eigenvalue weighted by atomic mass is 32.2. The minimum absolute atomic E-state index is 0.00249. The molecule has 2 amide bonds. The van der Waals surface area contributed by atoms with Crippen LogP contribution in [0.1, 0.15) is 10.4 Å². The molecule has 0 aliphatic heterocycles. The van der Waals surface area contributed by atoms with E-state index in [1.54, 1.807) is 12.3 Å². The van der Waals surface area contributed by atoms with Crippen molar-refractivity contribution in [1.29, 1.82) is 0 Å². The van der Waals surface area contributed by atoms with Crippen LogP contribution in [0.25, 0.3) is 11.1 Å². The molecular weight excluding hydrogens is 416 g/mol. The lowest BCUT2D eigenvalue weighted by Crippen LogP contribution is -2.33. The average molecular weight is 439 g/mol. The molecule has 8 nitrogen and oxygen atoms in total. The number of carbonyl (C=O) groups is 2. The molecule has 160 valence electrons. The molecule has 31 heavy (non-hydrogen) atoms. The summed E-state index contributed by atoms with van der Waals surface area (Å²) in [6.07, 6.45) is 1.65. The number of pyridine rings is 1. The molecule has 0 spiro atoms. The summed E-state index contributed by atoms with van der Waals surface area (Å²) in [7, 11) is -0.844. The Labute approximate surface area is 181 Å². The summed E-state index contributed by atoms with van der Waals surface area (Å²) in [5.41, 5.74) is 2.07. The third-order valence-corrected chi connectivity index (χ3v) is 6.23. The van der Waals surface area contributed by atoms with Crippen LogP contribution in [-0.4, -0.2) is 50.2 Å². The molecule has 0 fully saturated rings. The van der Waals surface area contributed by atoms with E-state index in [4.69, 9.17) is 0 Å². The number of hydrogen-bond donors (Lipinski definition) is 2. The van der Waals surface area contributed by atoms with Crippen molar-refractivity contribution < 1.29 is 18.0 Å². The Morgan fingerprint density at radius 1 is 0.935 bits per heavy atom. The van der Waals surface area contributed by atoms with Gasteiger partial charge in [0.05, 0.1) is 11.4 Å². The van der Waals surface area contributed by atoms with E-state index in [1.807, 2.05) is 36.4 Å². The maximum Gasteiger partial charge on any atom is 0.251 e. The van der Waals surface area contributed by atoms with Gasteiger partial charge in [-0.3, -0.25) is 9.59 Å². The van der Waals surface area contributed by atoms with Gasteiger partial charge in [-0.2, -0.15) is 0 Å². The van der Waals surface area contributed by atoms with Crippen LogP contribution in [0.3, 0.4) is 0 Å². The van der Waals surface area contributed by atoms with Crippen molar-refractivity contribution in [3.63, 3.8) is 0 Å². The van der Waals surface area contributed by atoms with Gasteiger partial charge < -0.3 is 10.6 Å². The highest BCUT2D eigenvalue weighted by Gasteiger charge is 2.19. The fraction of sp³-hybridized carbons (Fsp3) is 0.136. The molecule has 0 saturated heterocycles. The third kappa shape index (κ3) is 5.53. The normalized spacial score (nSPS) is 11.2. The zero-order valence-corrected chi connectivity index (χ0v) is 17.9. The summed E-state index contributed by atoms with van der Waals surface area (Å²) < 4.78 is 25.5. The summed E-state index contributed by atoms with van der Waals surface area (Å²) in [4.78, 5) is 28.7. The second-order valence-corrected chi connectivity index (χ2v) is 9.00. The molecule has 0 atom stereocenters. The number of rotatable bonds is 7. The second-order valence-electron chi connectivity index (χ2n) is 6.84. The van der Waals surface area contributed by atoms with Gasteiger partial charge in [0.15, 0.2) is 0 Å². The predicted molar refractivity (Wildman–Crippen MR) is 118 cm³/mol. The van der Waals surface area contributed by atoms with Crippen LogP contribution in [0, 0.1) is 0 Å². The Balaban J connectivity index is 1.58. The Bertz CT molecular complexity index is 1180. The number of hydrogen-bond acceptors (Lipinski definition) is 5. The summed E-state index contributed by atoms with van der Waals surface area (Å²) in [6, 6.07) is 18.9. The molecule has 3 aromatic rings. The fourth-order valence-electron chi connectivity index (χ4n) is 2.73. The molecule has 1 aromatic heterocycles. The maximum absolute atomic E-state index is 12.3. The lowest BCUT2D eigenvalue weighted by Gasteiger charge is -2.12. The van der Waals surface area contributed by atoms with E-state index in [1.165, 1.54) is 38.4 Å². The molecule has 0 aliphatic rings. The Morgan fingerprint density at radius 3 is 2.32 bits per heavy atom. The van der Waals surface area contributed by atoms with Crippen molar-refractivity contribution >= 4 is 27.7 Å². The van der Waals surface area contributed by atoms with Crippen molar-refractivity contribution in [3.8, 4) is 11.1 Å². The maximum atomic E-state index is 12.3. The zero-order valence-electron chi connectivity index (χ0n) is 17.1. The fourth-order valence-corrected chi connectivity index (χ4v) is 3.68. The van der Waals surface area contributed by atoms with Crippen LogP contribution in [0.5, 0.6) is 0 Å². The topological polar surface area (TPSA) is 108 Å². The van der Waals surface area contributed by atoms with Crippen LogP contribution in [0.4, 0.5) is 5.82 Å². The minimum atomic E-state index is -3.66. The van der Waals surface area contributed by atoms with Gasteiger partial charge in [0.2, 0.25) is 15.9 Å². The lowest BCUT2D eigenvalue weighted by molar-refractivity contribution is -0.115. The molecule has 0 unspecified atom stereocenters. The average Bonchev–Trinajstić information content (AvgIpc) is 2.78. The minimum Gasteiger partial charge on any atom is -0.343 e. The van der Waals surface area contributed by atoms with Crippen LogP contribution in [0.15, 0.2) is 77.8 Å². The van der Waals surface area contributed by atoms with Crippen LogP contribution in [0.2, 0.25) is 0 Å². The number of aromatic nitrogens is 1. The smallest absolute Gasteiger partial charge is 0.251 e. The van der Waals surface area contributed by atoms with E-state index in [9.17, 15) is 18.0 Å². The molecule has 0 radical (unpaired) electrons. The number of benzene rings is 2. The van der Waals surface area contributed by atoms with Gasteiger partial charge in [-0.1, -0.05) is 36.4 Å². The molecule has 0 bridgehead atoms. The van der Waals surface area contributed by atoms with Gasteiger partial charge in [-0.05, 0) is 35.9 Å². The van der Waals surface area contributed by atoms with Gasteiger partial charge in [0, 0.05) is 31.4 Å². The highest BCUT2D eigenvalue weighted by molar-refractivity contribution is 7.89. The molecule has 3 rings (SSSR count). The SMILES string of the molecule is CN(C)S(=O)(=O)c1cccc(C(=O)NCC(=O)Nc2ccc(-c3ccccc3)cn2)c1. The van der Waals surface area contributed by atoms with Crippen molar-refractivity contribution in [1.82, 2.24) is 14.6 Å². The summed E-state index contributed by atoms with van der Waals surface area (Å²) in [5, 5.41) is 5.09. The van der Waals surface area contributed by atoms with Crippen LogP contribution < -0.4 is 10.6 Å². The number of anilines is 1. The molecule has 0 saturated carbocycles. The number of amides is 2. The predicted octanol–water partition coefficient (Wildman–Crippen LogP) is 2.37. The summed E-state index contributed by atoms with van der Waals surface area (Å²) in [6.45, 7) is -0.286. The Morgan fingerprint density at radius 2 is 1.68 bits per heavy atom. The number of nitrogens with one attached hydrogen (secondary N) is 2. The molecule has 0 aliphatic carbocycles. The Kier molecular flexibility index (Phi) is 6.78. The van der Waals surface area contributed by atoms with E-state index in [0.29, 0.717) is 5.82 Å². The first kappa shape index (κ1) is 22.1. The van der Waals surface area contributed by atoms with E-state index in [2.05, 4.69) is 15.6 Å². The molecule has 2 N–H and O–H groups in total. The van der Waals surface area contributed by atoms with Gasteiger partial charge >= 0.3 is 0 Å². The molecule has 2 aromatic carbocycles. The van der Waals surface area contributed by atoms with Crippen molar-refractivity contribution in [3.05, 3.63) is 78.5 Å². The van der Waals surface area contributed by atoms with Gasteiger partial charge in [-0.15, -0.1) is 0 Å². The number of sulfonamides is 1. The van der Waals surface area contributed by atoms with E-state index < -0.39 is 21.8 Å². The summed E-state index contributed by atoms with van der Waals surface area (Å²) in [5.74, 6) is -0.651. The zero-order chi connectivity index (χ0) is 22.4. The Hall–Kier alpha value is -3.56. The van der Waals surface area contributed by atoms with E-state index in [-0.39, 0.29) is 17.0 Å². The molecular formula is C22H22N4O4S. The number of nitrogens with zero attached hydrogens (tertiary/aromatic N) is 2. The van der Waals surface area contributed by atoms with Crippen molar-refractivity contribution in [2.24, 2.45) is 0 Å². The van der Waals surface area contributed by atoms with Crippen LogP contribution >= 0.6 is 0 Å².